The van der Waals surface area contributed by atoms with Gasteiger partial charge in [-0.2, -0.15) is 0 Å². The molecule has 0 aliphatic carbocycles. The topological polar surface area (TPSA) is 92.9 Å². The van der Waals surface area contributed by atoms with Crippen molar-refractivity contribution in [3.05, 3.63) is 65.6 Å². The molecule has 2 aliphatic rings. The van der Waals surface area contributed by atoms with Gasteiger partial charge >= 0.3 is 0 Å². The molecule has 0 unspecified atom stereocenters. The highest BCUT2D eigenvalue weighted by atomic mass is 16.2. The van der Waals surface area contributed by atoms with Crippen LogP contribution in [0.4, 0.5) is 11.6 Å². The normalized spacial score (nSPS) is 15.8. The fourth-order valence-corrected chi connectivity index (χ4v) is 5.14. The van der Waals surface area contributed by atoms with E-state index in [1.807, 2.05) is 49.5 Å². The summed E-state index contributed by atoms with van der Waals surface area (Å²) in [4.78, 5) is 32.0. The maximum atomic E-state index is 13.8. The Balaban J connectivity index is 1.42. The third-order valence-corrected chi connectivity index (χ3v) is 7.48. The van der Waals surface area contributed by atoms with Gasteiger partial charge in [-0.1, -0.05) is 12.1 Å². The first-order valence-electron chi connectivity index (χ1n) is 12.7. The van der Waals surface area contributed by atoms with Gasteiger partial charge in [-0.25, -0.2) is 9.97 Å². The zero-order chi connectivity index (χ0) is 25.9. The minimum absolute atomic E-state index is 0.0757. The molecule has 188 valence electrons. The quantitative estimate of drug-likeness (QED) is 0.404. The number of hydrogen-bond acceptors (Lipinski definition) is 7. The maximum Gasteiger partial charge on any atom is 0.260 e. The predicted octanol–water partition coefficient (Wildman–Crippen LogP) is 4.48. The van der Waals surface area contributed by atoms with Crippen LogP contribution in [0, 0.1) is 0 Å². The minimum atomic E-state index is -0.0931. The number of carbonyl (C=O) groups excluding carboxylic acids is 1. The fraction of sp³-hybridized carbons (Fsp3) is 0.357. The van der Waals surface area contributed by atoms with Crippen LogP contribution in [-0.4, -0.2) is 48.7 Å². The van der Waals surface area contributed by atoms with Crippen LogP contribution in [0.2, 0.25) is 0 Å². The smallest absolute Gasteiger partial charge is 0.260 e. The van der Waals surface area contributed by atoms with Crippen LogP contribution < -0.4 is 9.80 Å². The third kappa shape index (κ3) is 3.77. The third-order valence-electron chi connectivity index (χ3n) is 7.48. The first-order valence-corrected chi connectivity index (χ1v) is 12.7. The summed E-state index contributed by atoms with van der Waals surface area (Å²) < 4.78 is 2.18. The van der Waals surface area contributed by atoms with Crippen molar-refractivity contribution < 1.29 is 4.79 Å². The number of hydrogen-bond donors (Lipinski definition) is 0. The summed E-state index contributed by atoms with van der Waals surface area (Å²) >= 11 is 0. The molecular weight excluding hydrogens is 464 g/mol. The molecule has 0 N–H and O–H groups in total. The van der Waals surface area contributed by atoms with E-state index in [-0.39, 0.29) is 17.5 Å². The number of carbonyl (C=O) groups is 1. The van der Waals surface area contributed by atoms with Crippen molar-refractivity contribution in [2.45, 2.75) is 58.7 Å². The first-order chi connectivity index (χ1) is 17.7. The molecule has 1 amide bonds. The van der Waals surface area contributed by atoms with E-state index in [0.717, 1.165) is 47.3 Å². The van der Waals surface area contributed by atoms with Crippen LogP contribution in [-0.2, 0) is 18.5 Å². The Hall–Kier alpha value is -4.14. The Labute approximate surface area is 216 Å². The lowest BCUT2D eigenvalue weighted by Crippen LogP contribution is -2.27. The fourth-order valence-electron chi connectivity index (χ4n) is 5.14. The molecular formula is C28H30N8O. The summed E-state index contributed by atoms with van der Waals surface area (Å²) in [5.74, 6) is 2.94. The molecule has 0 bridgehead atoms. The molecule has 0 atom stereocenters. The number of pyridine rings is 3. The first kappa shape index (κ1) is 23.3. The van der Waals surface area contributed by atoms with Gasteiger partial charge in [-0.15, -0.1) is 10.2 Å². The van der Waals surface area contributed by atoms with E-state index in [0.29, 0.717) is 23.6 Å². The summed E-state index contributed by atoms with van der Waals surface area (Å²) in [5.41, 5.74) is 3.60. The average molecular weight is 495 g/mol. The molecule has 9 heteroatoms. The summed E-state index contributed by atoms with van der Waals surface area (Å²) in [5, 5.41) is 8.86. The highest BCUT2D eigenvalue weighted by Crippen LogP contribution is 2.38. The number of fused-ring (bicyclic) bond motifs is 2. The van der Waals surface area contributed by atoms with Crippen molar-refractivity contribution in [3.8, 4) is 22.9 Å². The van der Waals surface area contributed by atoms with Gasteiger partial charge in [-0.05, 0) is 64.4 Å². The van der Waals surface area contributed by atoms with Crippen LogP contribution in [0.1, 0.15) is 55.9 Å². The van der Waals surface area contributed by atoms with Crippen LogP contribution >= 0.6 is 0 Å². The van der Waals surface area contributed by atoms with E-state index in [2.05, 4.69) is 52.3 Å². The standard InChI is InChI=1S/C28H30N8O/c1-17(2)34(5)24-15-18-19(25(31-24)20-9-6-7-14-29-20)16-35(27(18)37)22-11-8-10-21(30-22)26-33-32-23-12-13-28(3,4)36(23)26/h6-11,14-15,17H,12-13,16H2,1-5H3. The van der Waals surface area contributed by atoms with E-state index in [1.165, 1.54) is 0 Å². The largest absolute Gasteiger partial charge is 0.357 e. The summed E-state index contributed by atoms with van der Waals surface area (Å²) in [7, 11) is 1.99. The molecule has 0 saturated heterocycles. The molecule has 37 heavy (non-hydrogen) atoms. The monoisotopic (exact) mass is 494 g/mol. The van der Waals surface area contributed by atoms with Gasteiger partial charge in [0.15, 0.2) is 5.82 Å². The van der Waals surface area contributed by atoms with Gasteiger partial charge < -0.3 is 9.47 Å². The number of nitrogens with zero attached hydrogens (tertiary/aromatic N) is 8. The maximum absolute atomic E-state index is 13.8. The van der Waals surface area contributed by atoms with Crippen LogP contribution in [0.3, 0.4) is 0 Å². The Kier molecular flexibility index (Phi) is 5.33. The number of anilines is 2. The van der Waals surface area contributed by atoms with E-state index in [1.54, 1.807) is 11.1 Å². The highest BCUT2D eigenvalue weighted by Gasteiger charge is 2.36. The molecule has 0 aromatic carbocycles. The van der Waals surface area contributed by atoms with Crippen molar-refractivity contribution >= 4 is 17.5 Å². The van der Waals surface area contributed by atoms with E-state index in [9.17, 15) is 4.79 Å². The van der Waals surface area contributed by atoms with Crippen LogP contribution in [0.5, 0.6) is 0 Å². The number of rotatable bonds is 5. The molecule has 6 rings (SSSR count). The van der Waals surface area contributed by atoms with Gasteiger partial charge in [-0.3, -0.25) is 14.7 Å². The molecule has 2 aliphatic heterocycles. The zero-order valence-electron chi connectivity index (χ0n) is 21.8. The zero-order valence-corrected chi connectivity index (χ0v) is 21.8. The van der Waals surface area contributed by atoms with Gasteiger partial charge in [0.05, 0.1) is 23.5 Å². The summed E-state index contributed by atoms with van der Waals surface area (Å²) in [6.45, 7) is 8.96. The van der Waals surface area contributed by atoms with E-state index in [4.69, 9.17) is 9.97 Å². The molecule has 9 nitrogen and oxygen atoms in total. The second-order valence-electron chi connectivity index (χ2n) is 10.6. The summed E-state index contributed by atoms with van der Waals surface area (Å²) in [6, 6.07) is 13.6. The second kappa shape index (κ2) is 8.47. The summed E-state index contributed by atoms with van der Waals surface area (Å²) in [6.07, 6.45) is 3.66. The highest BCUT2D eigenvalue weighted by molar-refractivity contribution is 6.11. The van der Waals surface area contributed by atoms with Crippen LogP contribution in [0.15, 0.2) is 48.7 Å². The van der Waals surface area contributed by atoms with Gasteiger partial charge in [0.25, 0.3) is 5.91 Å². The van der Waals surface area contributed by atoms with Crippen molar-refractivity contribution in [2.75, 3.05) is 16.8 Å². The molecule has 6 heterocycles. The molecule has 0 radical (unpaired) electrons. The molecule has 0 fully saturated rings. The van der Waals surface area contributed by atoms with Crippen molar-refractivity contribution in [1.29, 1.82) is 0 Å². The molecule has 0 saturated carbocycles. The Morgan fingerprint density at radius 3 is 2.59 bits per heavy atom. The minimum Gasteiger partial charge on any atom is -0.357 e. The van der Waals surface area contributed by atoms with Crippen molar-refractivity contribution in [2.24, 2.45) is 0 Å². The second-order valence-corrected chi connectivity index (χ2v) is 10.6. The lowest BCUT2D eigenvalue weighted by atomic mass is 10.0. The van der Waals surface area contributed by atoms with Crippen molar-refractivity contribution in [1.82, 2.24) is 29.7 Å². The molecule has 4 aromatic rings. The predicted molar refractivity (Wildman–Crippen MR) is 142 cm³/mol. The molecule has 4 aromatic heterocycles. The Morgan fingerprint density at radius 1 is 1.03 bits per heavy atom. The van der Waals surface area contributed by atoms with Crippen LogP contribution in [0.25, 0.3) is 22.9 Å². The Bertz CT molecular complexity index is 1510. The van der Waals surface area contributed by atoms with Crippen molar-refractivity contribution in [3.63, 3.8) is 0 Å². The lowest BCUT2D eigenvalue weighted by molar-refractivity contribution is 0.0996. The van der Waals surface area contributed by atoms with E-state index >= 15 is 0 Å². The number of aromatic nitrogens is 6. The number of amides is 1. The van der Waals surface area contributed by atoms with Gasteiger partial charge in [0.1, 0.15) is 23.2 Å². The SMILES string of the molecule is CC(C)N(C)c1cc2c(c(-c3ccccn3)n1)CN(c1cccc(-c3nnc4n3C(C)(C)CC4)n1)C2=O. The van der Waals surface area contributed by atoms with E-state index < -0.39 is 0 Å². The average Bonchev–Trinajstić information content (AvgIpc) is 3.57. The number of aryl methyl sites for hydroxylation is 1. The molecule has 0 spiro atoms. The van der Waals surface area contributed by atoms with Gasteiger partial charge in [0, 0.05) is 36.8 Å². The lowest BCUT2D eigenvalue weighted by Gasteiger charge is -2.23. The Morgan fingerprint density at radius 2 is 1.84 bits per heavy atom. The van der Waals surface area contributed by atoms with Gasteiger partial charge in [0.2, 0.25) is 0 Å².